The fourth-order valence-electron chi connectivity index (χ4n) is 8.78. The summed E-state index contributed by atoms with van der Waals surface area (Å²) in [5.41, 5.74) is 14.4. The van der Waals surface area contributed by atoms with Crippen LogP contribution in [0.4, 0.5) is 17.1 Å². The largest absolute Gasteiger partial charge is 0.456 e. The third-order valence-electron chi connectivity index (χ3n) is 11.5. The van der Waals surface area contributed by atoms with Gasteiger partial charge in [-0.2, -0.15) is 0 Å². The lowest BCUT2D eigenvalue weighted by molar-refractivity contribution is 0.669. The second-order valence-corrected chi connectivity index (χ2v) is 14.8. The molecule has 0 aliphatic rings. The van der Waals surface area contributed by atoms with Crippen LogP contribution in [0.1, 0.15) is 0 Å². The number of anilines is 3. The van der Waals surface area contributed by atoms with Gasteiger partial charge in [0.05, 0.1) is 11.4 Å². The second-order valence-electron chi connectivity index (χ2n) is 14.8. The van der Waals surface area contributed by atoms with Crippen molar-refractivity contribution in [3.8, 4) is 44.5 Å². The second kappa shape index (κ2) is 14.1. The van der Waals surface area contributed by atoms with E-state index >= 15 is 0 Å². The lowest BCUT2D eigenvalue weighted by atomic mass is 9.94. The average Bonchev–Trinajstić information content (AvgIpc) is 3.69. The average molecular weight is 740 g/mol. The van der Waals surface area contributed by atoms with Gasteiger partial charge in [0.15, 0.2) is 0 Å². The minimum Gasteiger partial charge on any atom is -0.456 e. The maximum atomic E-state index is 6.39. The zero-order valence-corrected chi connectivity index (χ0v) is 31.7. The molecule has 0 amide bonds. The van der Waals surface area contributed by atoms with Gasteiger partial charge in [-0.1, -0.05) is 188 Å². The van der Waals surface area contributed by atoms with Gasteiger partial charge in [0.25, 0.3) is 0 Å². The van der Waals surface area contributed by atoms with Gasteiger partial charge >= 0.3 is 0 Å². The molecule has 0 atom stereocenters. The van der Waals surface area contributed by atoms with Crippen LogP contribution in [0.25, 0.3) is 88.0 Å². The fourth-order valence-corrected chi connectivity index (χ4v) is 8.78. The van der Waals surface area contributed by atoms with E-state index in [4.69, 9.17) is 4.42 Å². The Hall–Kier alpha value is -7.68. The van der Waals surface area contributed by atoms with Crippen LogP contribution < -0.4 is 4.90 Å². The third-order valence-corrected chi connectivity index (χ3v) is 11.5. The molecule has 0 saturated heterocycles. The van der Waals surface area contributed by atoms with Crippen molar-refractivity contribution >= 4 is 60.5 Å². The van der Waals surface area contributed by atoms with Gasteiger partial charge in [0.1, 0.15) is 11.2 Å². The van der Waals surface area contributed by atoms with Crippen molar-refractivity contribution in [2.24, 2.45) is 0 Å². The van der Waals surface area contributed by atoms with E-state index in [1.165, 1.54) is 49.4 Å². The SMILES string of the molecule is c1ccc(N(c2ccc(-c3ccc(-c4cccc5ccccc45)cc3)cc2)c2ccccc2-c2cccc3oc4ccccc4c23)c(-c2cccc3ccccc23)c1. The van der Waals surface area contributed by atoms with Crippen molar-refractivity contribution in [3.63, 3.8) is 0 Å². The fraction of sp³-hybridized carbons (Fsp3) is 0. The van der Waals surface area contributed by atoms with Gasteiger partial charge in [-0.25, -0.2) is 0 Å². The highest BCUT2D eigenvalue weighted by Crippen LogP contribution is 2.48. The molecule has 0 fully saturated rings. The summed E-state index contributed by atoms with van der Waals surface area (Å²) in [6, 6.07) is 80.7. The molecule has 2 nitrogen and oxygen atoms in total. The summed E-state index contributed by atoms with van der Waals surface area (Å²) < 4.78 is 6.39. The quantitative estimate of drug-likeness (QED) is 0.162. The lowest BCUT2D eigenvalue weighted by Crippen LogP contribution is -2.12. The van der Waals surface area contributed by atoms with Crippen LogP contribution >= 0.6 is 0 Å². The van der Waals surface area contributed by atoms with Gasteiger partial charge in [-0.05, 0) is 91.3 Å². The predicted molar refractivity (Wildman–Crippen MR) is 245 cm³/mol. The minimum atomic E-state index is 0.882. The molecule has 1 heterocycles. The molecule has 0 unspecified atom stereocenters. The molecule has 10 aromatic carbocycles. The molecule has 11 rings (SSSR count). The molecule has 0 spiro atoms. The summed E-state index contributed by atoms with van der Waals surface area (Å²) in [4.78, 5) is 2.43. The van der Waals surface area contributed by atoms with Gasteiger partial charge in [0.2, 0.25) is 0 Å². The summed E-state index contributed by atoms with van der Waals surface area (Å²) in [5.74, 6) is 0. The first-order valence-electron chi connectivity index (χ1n) is 19.8. The minimum absolute atomic E-state index is 0.882. The van der Waals surface area contributed by atoms with Crippen LogP contribution in [-0.2, 0) is 0 Å². The number of rotatable bonds is 7. The highest BCUT2D eigenvalue weighted by molar-refractivity contribution is 6.14. The number of furan rings is 1. The number of hydrogen-bond donors (Lipinski definition) is 0. The summed E-state index contributed by atoms with van der Waals surface area (Å²) in [6.45, 7) is 0. The van der Waals surface area contributed by atoms with Crippen LogP contribution in [0.2, 0.25) is 0 Å². The molecule has 0 aliphatic carbocycles. The van der Waals surface area contributed by atoms with Gasteiger partial charge < -0.3 is 9.32 Å². The van der Waals surface area contributed by atoms with Crippen molar-refractivity contribution in [2.45, 2.75) is 0 Å². The number of benzene rings is 10. The van der Waals surface area contributed by atoms with E-state index in [2.05, 4.69) is 223 Å². The molecule has 0 N–H and O–H groups in total. The third kappa shape index (κ3) is 5.74. The Bertz CT molecular complexity index is 3270. The number of para-hydroxylation sites is 3. The molecule has 272 valence electrons. The van der Waals surface area contributed by atoms with Gasteiger partial charge in [-0.15, -0.1) is 0 Å². The van der Waals surface area contributed by atoms with E-state index in [0.717, 1.165) is 55.7 Å². The first-order chi connectivity index (χ1) is 28.8. The van der Waals surface area contributed by atoms with Crippen LogP contribution in [0.5, 0.6) is 0 Å². The highest BCUT2D eigenvalue weighted by atomic mass is 16.3. The van der Waals surface area contributed by atoms with Crippen molar-refractivity contribution in [3.05, 3.63) is 224 Å². The van der Waals surface area contributed by atoms with Gasteiger partial charge in [0, 0.05) is 27.6 Å². The number of fused-ring (bicyclic) bond motifs is 5. The Morgan fingerprint density at radius 2 is 0.707 bits per heavy atom. The number of hydrogen-bond acceptors (Lipinski definition) is 2. The maximum absolute atomic E-state index is 6.39. The van der Waals surface area contributed by atoms with Crippen molar-refractivity contribution < 1.29 is 4.42 Å². The van der Waals surface area contributed by atoms with E-state index in [0.29, 0.717) is 0 Å². The van der Waals surface area contributed by atoms with Crippen LogP contribution in [0.3, 0.4) is 0 Å². The molecule has 2 heteroatoms. The van der Waals surface area contributed by atoms with Crippen molar-refractivity contribution in [1.29, 1.82) is 0 Å². The summed E-state index contributed by atoms with van der Waals surface area (Å²) in [7, 11) is 0. The summed E-state index contributed by atoms with van der Waals surface area (Å²) >= 11 is 0. The zero-order valence-electron chi connectivity index (χ0n) is 31.7. The van der Waals surface area contributed by atoms with Crippen molar-refractivity contribution in [2.75, 3.05) is 4.90 Å². The van der Waals surface area contributed by atoms with E-state index in [-0.39, 0.29) is 0 Å². The molecule has 0 saturated carbocycles. The van der Waals surface area contributed by atoms with E-state index in [9.17, 15) is 0 Å². The Morgan fingerprint density at radius 1 is 0.276 bits per heavy atom. The normalized spacial score (nSPS) is 11.4. The molecule has 1 aromatic heterocycles. The maximum Gasteiger partial charge on any atom is 0.136 e. The molecule has 0 radical (unpaired) electrons. The molecular weight excluding hydrogens is 703 g/mol. The standard InChI is InChI=1S/C56H37NO/c1-3-18-44-40(14-1)16-11-23-45(44)42-32-30-38(31-33-42)39-34-36-43(37-35-39)57(52-26-8-5-20-48(52)47-24-12-17-41-15-2-4-19-46(41)47)53-27-9-6-21-49(53)50-25-13-29-55-56(50)51-22-7-10-28-54(51)58-55/h1-37H. The molecule has 0 aliphatic heterocycles. The Labute approximate surface area is 337 Å². The Kier molecular flexibility index (Phi) is 8.19. The molecule has 11 aromatic rings. The van der Waals surface area contributed by atoms with Crippen molar-refractivity contribution in [1.82, 2.24) is 0 Å². The summed E-state index contributed by atoms with van der Waals surface area (Å²) in [6.07, 6.45) is 0. The zero-order chi connectivity index (χ0) is 38.4. The Morgan fingerprint density at radius 3 is 1.40 bits per heavy atom. The highest BCUT2D eigenvalue weighted by Gasteiger charge is 2.23. The Balaban J connectivity index is 1.07. The summed E-state index contributed by atoms with van der Waals surface area (Å²) in [5, 5.41) is 7.20. The van der Waals surface area contributed by atoms with E-state index in [1.807, 2.05) is 6.07 Å². The first-order valence-corrected chi connectivity index (χ1v) is 19.8. The smallest absolute Gasteiger partial charge is 0.136 e. The molecule has 0 bridgehead atoms. The van der Waals surface area contributed by atoms with Crippen LogP contribution in [0, 0.1) is 0 Å². The molecule has 58 heavy (non-hydrogen) atoms. The lowest BCUT2D eigenvalue weighted by Gasteiger charge is -2.30. The van der Waals surface area contributed by atoms with Gasteiger partial charge in [-0.3, -0.25) is 0 Å². The number of nitrogens with zero attached hydrogens (tertiary/aromatic N) is 1. The topological polar surface area (TPSA) is 16.4 Å². The molecular formula is C56H37NO. The van der Waals surface area contributed by atoms with Crippen LogP contribution in [-0.4, -0.2) is 0 Å². The van der Waals surface area contributed by atoms with E-state index in [1.54, 1.807) is 0 Å². The first kappa shape index (κ1) is 33.6. The monoisotopic (exact) mass is 739 g/mol. The van der Waals surface area contributed by atoms with E-state index < -0.39 is 0 Å². The predicted octanol–water partition coefficient (Wildman–Crippen LogP) is 16.0. The van der Waals surface area contributed by atoms with Crippen LogP contribution in [0.15, 0.2) is 229 Å².